The number of cyclic esters (lactones) is 1. The van der Waals surface area contributed by atoms with Gasteiger partial charge in [-0.05, 0) is 80.5 Å². The molecule has 6 bridgehead atoms. The summed E-state index contributed by atoms with van der Waals surface area (Å²) in [5, 5.41) is 15.7. The van der Waals surface area contributed by atoms with Crippen molar-refractivity contribution in [2.24, 2.45) is 17.3 Å². The van der Waals surface area contributed by atoms with Gasteiger partial charge in [0.15, 0.2) is 0 Å². The van der Waals surface area contributed by atoms with E-state index >= 15 is 0 Å². The molecule has 2 saturated heterocycles. The number of ether oxygens (including phenoxy) is 2. The topological polar surface area (TPSA) is 181 Å². The van der Waals surface area contributed by atoms with Crippen molar-refractivity contribution in [1.82, 2.24) is 45.3 Å². The molecule has 4 aromatic rings. The fraction of sp³-hybridized carbons (Fsp3) is 0.522. The van der Waals surface area contributed by atoms with Gasteiger partial charge in [0.05, 0.1) is 30.5 Å². The Hall–Kier alpha value is -5.52. The van der Waals surface area contributed by atoms with Gasteiger partial charge >= 0.3 is 5.97 Å². The molecule has 16 nitrogen and oxygen atoms in total. The number of fused-ring (bicyclic) bond motifs is 6. The summed E-state index contributed by atoms with van der Waals surface area (Å²) in [6.07, 6.45) is 5.04. The van der Waals surface area contributed by atoms with E-state index in [1.54, 1.807) is 25.3 Å². The number of likely N-dealkylation sites (tertiary alicyclic amines) is 1. The Morgan fingerprint density at radius 1 is 1.16 bits per heavy atom. The third-order valence-corrected chi connectivity index (χ3v) is 13.3. The van der Waals surface area contributed by atoms with Crippen molar-refractivity contribution in [3.63, 3.8) is 0 Å². The second-order valence-electron chi connectivity index (χ2n) is 17.9. The fourth-order valence-corrected chi connectivity index (χ4v) is 10.1. The third-order valence-electron chi connectivity index (χ3n) is 12.3. The minimum atomic E-state index is -1.12. The van der Waals surface area contributed by atoms with Crippen molar-refractivity contribution >= 4 is 51.8 Å². The van der Waals surface area contributed by atoms with E-state index < -0.39 is 47.2 Å². The summed E-state index contributed by atoms with van der Waals surface area (Å²) < 4.78 is 14.0. The van der Waals surface area contributed by atoms with E-state index in [9.17, 15) is 24.0 Å². The number of aromatic nitrogens is 4. The first kappa shape index (κ1) is 45.5. The van der Waals surface area contributed by atoms with Crippen molar-refractivity contribution in [3.8, 4) is 21.8 Å². The van der Waals surface area contributed by atoms with Gasteiger partial charge in [0.25, 0.3) is 5.91 Å². The van der Waals surface area contributed by atoms with Gasteiger partial charge in [-0.3, -0.25) is 34.0 Å². The lowest BCUT2D eigenvalue weighted by Gasteiger charge is -2.36. The highest BCUT2D eigenvalue weighted by Gasteiger charge is 2.40. The molecular formula is C46H59N9O7S. The summed E-state index contributed by atoms with van der Waals surface area (Å²) in [5.41, 5.74) is 8.36. The largest absolute Gasteiger partial charge is 0.464 e. The van der Waals surface area contributed by atoms with Crippen molar-refractivity contribution in [3.05, 3.63) is 65.4 Å². The van der Waals surface area contributed by atoms with Crippen LogP contribution in [0.3, 0.4) is 0 Å². The van der Waals surface area contributed by atoms with Crippen LogP contribution in [0.2, 0.25) is 0 Å². The number of hydrazine groups is 1. The van der Waals surface area contributed by atoms with Crippen LogP contribution in [-0.2, 0) is 59.4 Å². The van der Waals surface area contributed by atoms with E-state index in [1.807, 2.05) is 26.0 Å². The first-order chi connectivity index (χ1) is 30.1. The number of amides is 4. The fourth-order valence-electron chi connectivity index (χ4n) is 9.20. The number of hydrogen-bond donors (Lipinski definition) is 2. The molecule has 6 heterocycles. The molecule has 2 fully saturated rings. The third kappa shape index (κ3) is 9.55. The molecule has 0 spiro atoms. The molecule has 0 saturated carbocycles. The number of hydrogen-bond acceptors (Lipinski definition) is 12. The quantitative estimate of drug-likeness (QED) is 0.169. The normalized spacial score (nSPS) is 20.9. The maximum absolute atomic E-state index is 14.5. The van der Waals surface area contributed by atoms with Crippen LogP contribution in [0.5, 0.6) is 0 Å². The van der Waals surface area contributed by atoms with Crippen LogP contribution in [-0.4, -0.2) is 123 Å². The number of nitrogens with one attached hydrogen (secondary N) is 2. The molecule has 336 valence electrons. The SMILES string of the molecule is C=CC(=O)N1CC[C@H](C(=O)N(C)C(C(=O)N[C@H]2Cc3nnc(s3)-c3ccc4c(c3)c(c(-c3cccnc3COC)n4CC)CC(C)(C)COC(=O)[C@@H]3CCCN(N3)C2=O)C(C)C)C1. The number of rotatable bonds is 10. The predicted octanol–water partition coefficient (Wildman–Crippen LogP) is 4.55. The van der Waals surface area contributed by atoms with E-state index in [0.717, 1.165) is 39.0 Å². The molecule has 2 N–H and O–H groups in total. The molecule has 3 aliphatic heterocycles. The lowest BCUT2D eigenvalue weighted by atomic mass is 9.84. The summed E-state index contributed by atoms with van der Waals surface area (Å²) in [6, 6.07) is 7.41. The second kappa shape index (κ2) is 19.1. The minimum Gasteiger partial charge on any atom is -0.464 e. The van der Waals surface area contributed by atoms with Crippen molar-refractivity contribution < 1.29 is 33.4 Å². The van der Waals surface area contributed by atoms with Gasteiger partial charge in [-0.1, -0.05) is 45.6 Å². The van der Waals surface area contributed by atoms with E-state index in [0.29, 0.717) is 61.9 Å². The second-order valence-corrected chi connectivity index (χ2v) is 18.9. The molecule has 0 aliphatic carbocycles. The zero-order valence-electron chi connectivity index (χ0n) is 37.3. The number of pyridine rings is 1. The van der Waals surface area contributed by atoms with Crippen LogP contribution in [0.25, 0.3) is 32.7 Å². The van der Waals surface area contributed by atoms with Gasteiger partial charge in [-0.15, -0.1) is 10.2 Å². The number of methoxy groups -OCH3 is 1. The first-order valence-corrected chi connectivity index (χ1v) is 22.6. The van der Waals surface area contributed by atoms with E-state index in [2.05, 4.69) is 71.1 Å². The van der Waals surface area contributed by atoms with Crippen molar-refractivity contribution in [2.75, 3.05) is 40.4 Å². The Labute approximate surface area is 372 Å². The lowest BCUT2D eigenvalue weighted by Crippen LogP contribution is -2.62. The average molecular weight is 882 g/mol. The molecule has 4 atom stereocenters. The number of aryl methyl sites for hydroxylation is 1. The molecule has 1 unspecified atom stereocenters. The summed E-state index contributed by atoms with van der Waals surface area (Å²) in [4.78, 5) is 76.6. The van der Waals surface area contributed by atoms with Gasteiger partial charge in [-0.2, -0.15) is 0 Å². The number of carbonyl (C=O) groups excluding carboxylic acids is 5. The van der Waals surface area contributed by atoms with E-state index in [1.165, 1.54) is 27.3 Å². The van der Waals surface area contributed by atoms with Gasteiger partial charge in [0.2, 0.25) is 17.7 Å². The standard InChI is InChI=1S/C46H59N9O7S/c1-9-38(56)53-20-17-29(24-53)43(58)52(7)39(27(3)4)41(57)48-34-22-37-49-50-42(63-37)28-15-16-36-31(21-28)32(40(54(36)10-2)30-13-11-18-47-35(30)25-61-8)23-46(5,6)26-62-45(60)33-14-12-19-55(51-33)44(34)59/h9,11,13,15-16,18,21,27,29,33-34,39,51H,1,10,12,14,17,19-20,22-26H2,2-8H3,(H,48,57)/t29-,33-,34-,39?/m0/s1. The molecule has 4 amide bonds. The van der Waals surface area contributed by atoms with Crippen LogP contribution >= 0.6 is 11.3 Å². The highest BCUT2D eigenvalue weighted by Crippen LogP contribution is 2.41. The lowest BCUT2D eigenvalue weighted by molar-refractivity contribution is -0.155. The zero-order chi connectivity index (χ0) is 45.2. The molecule has 1 aromatic carbocycles. The maximum Gasteiger partial charge on any atom is 0.324 e. The summed E-state index contributed by atoms with van der Waals surface area (Å²) >= 11 is 1.34. The maximum atomic E-state index is 14.5. The molecule has 17 heteroatoms. The van der Waals surface area contributed by atoms with E-state index in [4.69, 9.17) is 14.5 Å². The van der Waals surface area contributed by atoms with Gasteiger partial charge in [0.1, 0.15) is 28.1 Å². The smallest absolute Gasteiger partial charge is 0.324 e. The predicted molar refractivity (Wildman–Crippen MR) is 239 cm³/mol. The van der Waals surface area contributed by atoms with Crippen molar-refractivity contribution in [1.29, 1.82) is 0 Å². The summed E-state index contributed by atoms with van der Waals surface area (Å²) in [6.45, 7) is 15.6. The number of nitrogens with zero attached hydrogens (tertiary/aromatic N) is 7. The van der Waals surface area contributed by atoms with Crippen LogP contribution in [0.15, 0.2) is 49.2 Å². The Morgan fingerprint density at radius 3 is 2.68 bits per heavy atom. The summed E-state index contributed by atoms with van der Waals surface area (Å²) in [7, 11) is 3.25. The van der Waals surface area contributed by atoms with Crippen LogP contribution in [0.1, 0.15) is 70.1 Å². The molecule has 63 heavy (non-hydrogen) atoms. The van der Waals surface area contributed by atoms with Crippen LogP contribution in [0, 0.1) is 17.3 Å². The monoisotopic (exact) mass is 881 g/mol. The van der Waals surface area contributed by atoms with Crippen molar-refractivity contribution in [2.45, 2.75) is 98.0 Å². The first-order valence-electron chi connectivity index (χ1n) is 21.8. The molecule has 7 rings (SSSR count). The minimum absolute atomic E-state index is 0.0145. The number of benzene rings is 1. The number of likely N-dealkylation sites (N-methyl/N-ethyl adjacent to an activating group) is 1. The van der Waals surface area contributed by atoms with E-state index in [-0.39, 0.29) is 37.3 Å². The Kier molecular flexibility index (Phi) is 13.8. The van der Waals surface area contributed by atoms with Crippen LogP contribution < -0.4 is 10.7 Å². The molecule has 0 radical (unpaired) electrons. The molecular weight excluding hydrogens is 823 g/mol. The average Bonchev–Trinajstić information content (AvgIpc) is 4.03. The number of carbonyl (C=O) groups is 5. The Morgan fingerprint density at radius 2 is 1.95 bits per heavy atom. The van der Waals surface area contributed by atoms with Gasteiger partial charge in [-0.25, -0.2) is 5.43 Å². The Balaban J connectivity index is 1.26. The van der Waals surface area contributed by atoms with Gasteiger partial charge < -0.3 is 29.2 Å². The molecule has 3 aromatic heterocycles. The molecule has 3 aliphatic rings. The Bertz CT molecular complexity index is 2390. The van der Waals surface area contributed by atoms with Gasteiger partial charge in [0, 0.05) is 80.4 Å². The zero-order valence-corrected chi connectivity index (χ0v) is 38.1. The van der Waals surface area contributed by atoms with Crippen LogP contribution in [0.4, 0.5) is 0 Å². The highest BCUT2D eigenvalue weighted by atomic mass is 32.1. The summed E-state index contributed by atoms with van der Waals surface area (Å²) in [5.74, 6) is -2.72. The highest BCUT2D eigenvalue weighted by molar-refractivity contribution is 7.14. The number of esters is 1.